The third-order valence-electron chi connectivity index (χ3n) is 4.07. The van der Waals surface area contributed by atoms with Crippen LogP contribution in [0.4, 0.5) is 8.78 Å². The van der Waals surface area contributed by atoms with Crippen LogP contribution in [-0.2, 0) is 4.79 Å². The normalized spacial score (nSPS) is 12.1. The summed E-state index contributed by atoms with van der Waals surface area (Å²) in [6.45, 7) is 1.85. The lowest BCUT2D eigenvalue weighted by Crippen LogP contribution is -2.28. The van der Waals surface area contributed by atoms with Crippen LogP contribution in [0.5, 0.6) is 0 Å². The highest BCUT2D eigenvalue weighted by Gasteiger charge is 2.18. The largest absolute Gasteiger partial charge is 0.467 e. The standard InChI is InChI=1S/C21H19F2NO2S/c1-14(19-3-2-12-26-19)24-20(25)13-27-21(15-4-8-17(22)9-5-15)16-6-10-18(23)11-7-16/h2-12,14,21H,13H2,1H3,(H,24,25)/t14-/m0/s1. The van der Waals surface area contributed by atoms with Crippen LogP contribution in [0.25, 0.3) is 0 Å². The molecular formula is C21H19F2NO2S. The Hall–Kier alpha value is -2.60. The number of thioether (sulfide) groups is 1. The Morgan fingerprint density at radius 1 is 1.00 bits per heavy atom. The third kappa shape index (κ3) is 5.20. The number of benzene rings is 2. The van der Waals surface area contributed by atoms with Crippen molar-refractivity contribution in [3.05, 3.63) is 95.4 Å². The zero-order valence-corrected chi connectivity index (χ0v) is 15.5. The van der Waals surface area contributed by atoms with Crippen LogP contribution in [0.1, 0.15) is 35.1 Å². The van der Waals surface area contributed by atoms with Crippen LogP contribution in [0.2, 0.25) is 0 Å². The van der Waals surface area contributed by atoms with Gasteiger partial charge in [-0.15, -0.1) is 11.8 Å². The molecule has 0 saturated carbocycles. The molecule has 1 N–H and O–H groups in total. The van der Waals surface area contributed by atoms with E-state index in [1.165, 1.54) is 36.0 Å². The second-order valence-electron chi connectivity index (χ2n) is 6.10. The van der Waals surface area contributed by atoms with Gasteiger partial charge in [0.15, 0.2) is 0 Å². The molecule has 27 heavy (non-hydrogen) atoms. The quantitative estimate of drug-likeness (QED) is 0.601. The van der Waals surface area contributed by atoms with Crippen LogP contribution in [0.15, 0.2) is 71.3 Å². The molecule has 3 nitrogen and oxygen atoms in total. The number of carbonyl (C=O) groups excluding carboxylic acids is 1. The predicted octanol–water partition coefficient (Wildman–Crippen LogP) is 5.26. The van der Waals surface area contributed by atoms with Gasteiger partial charge in [-0.05, 0) is 54.4 Å². The van der Waals surface area contributed by atoms with Crippen LogP contribution in [-0.4, -0.2) is 11.7 Å². The van der Waals surface area contributed by atoms with Gasteiger partial charge < -0.3 is 9.73 Å². The Morgan fingerprint density at radius 2 is 1.56 bits per heavy atom. The van der Waals surface area contributed by atoms with E-state index in [-0.39, 0.29) is 34.6 Å². The molecule has 1 atom stereocenters. The average Bonchev–Trinajstić information content (AvgIpc) is 3.19. The van der Waals surface area contributed by atoms with Gasteiger partial charge in [-0.3, -0.25) is 4.79 Å². The van der Waals surface area contributed by atoms with Gasteiger partial charge in [0.1, 0.15) is 17.4 Å². The molecule has 1 amide bonds. The molecule has 6 heteroatoms. The molecule has 0 saturated heterocycles. The van der Waals surface area contributed by atoms with E-state index in [0.717, 1.165) is 11.1 Å². The van der Waals surface area contributed by atoms with Gasteiger partial charge in [0.05, 0.1) is 23.3 Å². The molecule has 0 aliphatic heterocycles. The molecule has 0 unspecified atom stereocenters. The first kappa shape index (κ1) is 19.2. The number of hydrogen-bond donors (Lipinski definition) is 1. The van der Waals surface area contributed by atoms with Crippen molar-refractivity contribution < 1.29 is 18.0 Å². The van der Waals surface area contributed by atoms with Crippen molar-refractivity contribution in [1.29, 1.82) is 0 Å². The van der Waals surface area contributed by atoms with E-state index in [9.17, 15) is 13.6 Å². The lowest BCUT2D eigenvalue weighted by Gasteiger charge is -2.18. The summed E-state index contributed by atoms with van der Waals surface area (Å²) >= 11 is 1.40. The van der Waals surface area contributed by atoms with Crippen LogP contribution in [0.3, 0.4) is 0 Å². The highest BCUT2D eigenvalue weighted by molar-refractivity contribution is 8.00. The van der Waals surface area contributed by atoms with E-state index < -0.39 is 0 Å². The summed E-state index contributed by atoms with van der Waals surface area (Å²) < 4.78 is 31.8. The summed E-state index contributed by atoms with van der Waals surface area (Å²) in [4.78, 5) is 12.3. The maximum absolute atomic E-state index is 13.3. The van der Waals surface area contributed by atoms with Gasteiger partial charge in [0.2, 0.25) is 5.91 Å². The molecule has 2 aromatic carbocycles. The molecule has 0 radical (unpaired) electrons. The van der Waals surface area contributed by atoms with Gasteiger partial charge in [0, 0.05) is 0 Å². The summed E-state index contributed by atoms with van der Waals surface area (Å²) in [5.74, 6) is 0.0862. The molecule has 3 rings (SSSR count). The summed E-state index contributed by atoms with van der Waals surface area (Å²) in [7, 11) is 0. The Balaban J connectivity index is 1.70. The van der Waals surface area contributed by atoms with E-state index in [1.807, 2.05) is 6.92 Å². The van der Waals surface area contributed by atoms with Gasteiger partial charge in [-0.1, -0.05) is 24.3 Å². The molecule has 0 aliphatic carbocycles. The smallest absolute Gasteiger partial charge is 0.230 e. The highest BCUT2D eigenvalue weighted by Crippen LogP contribution is 2.35. The topological polar surface area (TPSA) is 42.2 Å². The number of rotatable bonds is 7. The van der Waals surface area contributed by atoms with Gasteiger partial charge in [0.25, 0.3) is 0 Å². The third-order valence-corrected chi connectivity index (χ3v) is 5.38. The monoisotopic (exact) mass is 387 g/mol. The van der Waals surface area contributed by atoms with Crippen molar-refractivity contribution in [2.45, 2.75) is 18.2 Å². The molecule has 140 valence electrons. The van der Waals surface area contributed by atoms with E-state index in [0.29, 0.717) is 5.76 Å². The Kier molecular flexibility index (Phi) is 6.29. The van der Waals surface area contributed by atoms with Crippen molar-refractivity contribution in [3.8, 4) is 0 Å². The van der Waals surface area contributed by atoms with Crippen molar-refractivity contribution in [2.75, 3.05) is 5.75 Å². The molecular weight excluding hydrogens is 368 g/mol. The van der Waals surface area contributed by atoms with E-state index in [2.05, 4.69) is 5.32 Å². The molecule has 0 aliphatic rings. The minimum Gasteiger partial charge on any atom is -0.467 e. The summed E-state index contributed by atoms with van der Waals surface area (Å²) in [6, 6.07) is 15.6. The molecule has 0 fully saturated rings. The first-order valence-corrected chi connectivity index (χ1v) is 9.53. The molecule has 1 heterocycles. The van der Waals surface area contributed by atoms with E-state index >= 15 is 0 Å². The van der Waals surface area contributed by atoms with E-state index in [1.54, 1.807) is 42.7 Å². The average molecular weight is 387 g/mol. The Bertz CT molecular complexity index is 819. The Labute approximate surface area is 160 Å². The van der Waals surface area contributed by atoms with Crippen molar-refractivity contribution >= 4 is 17.7 Å². The summed E-state index contributed by atoms with van der Waals surface area (Å²) in [5, 5.41) is 2.67. The maximum atomic E-state index is 13.3. The second kappa shape index (κ2) is 8.86. The van der Waals surface area contributed by atoms with Gasteiger partial charge >= 0.3 is 0 Å². The van der Waals surface area contributed by atoms with Crippen LogP contribution in [0, 0.1) is 11.6 Å². The fourth-order valence-corrected chi connectivity index (χ4v) is 3.81. The number of furan rings is 1. The number of nitrogens with one attached hydrogen (secondary N) is 1. The SMILES string of the molecule is C[C@H](NC(=O)CSC(c1ccc(F)cc1)c1ccc(F)cc1)c1ccco1. The minimum absolute atomic E-state index is 0.141. The van der Waals surface area contributed by atoms with Gasteiger partial charge in [-0.25, -0.2) is 8.78 Å². The minimum atomic E-state index is -0.327. The molecule has 1 aromatic heterocycles. The van der Waals surface area contributed by atoms with Crippen molar-refractivity contribution in [3.63, 3.8) is 0 Å². The number of amides is 1. The molecule has 0 spiro atoms. The lowest BCUT2D eigenvalue weighted by atomic mass is 10.0. The number of hydrogen-bond acceptors (Lipinski definition) is 3. The lowest BCUT2D eigenvalue weighted by molar-refractivity contribution is -0.119. The van der Waals surface area contributed by atoms with Crippen molar-refractivity contribution in [2.24, 2.45) is 0 Å². The fraction of sp³-hybridized carbons (Fsp3) is 0.190. The Morgan fingerprint density at radius 3 is 2.04 bits per heavy atom. The first-order chi connectivity index (χ1) is 13.0. The fourth-order valence-electron chi connectivity index (χ4n) is 2.71. The number of halogens is 2. The zero-order chi connectivity index (χ0) is 19.2. The van der Waals surface area contributed by atoms with E-state index in [4.69, 9.17) is 4.42 Å². The van der Waals surface area contributed by atoms with Crippen LogP contribution >= 0.6 is 11.8 Å². The first-order valence-electron chi connectivity index (χ1n) is 8.48. The highest BCUT2D eigenvalue weighted by atomic mass is 32.2. The zero-order valence-electron chi connectivity index (χ0n) is 14.7. The maximum Gasteiger partial charge on any atom is 0.230 e. The summed E-state index contributed by atoms with van der Waals surface area (Å²) in [6.07, 6.45) is 1.56. The van der Waals surface area contributed by atoms with Gasteiger partial charge in [-0.2, -0.15) is 0 Å². The molecule has 0 bridgehead atoms. The van der Waals surface area contributed by atoms with Crippen LogP contribution < -0.4 is 5.32 Å². The van der Waals surface area contributed by atoms with Crippen molar-refractivity contribution in [1.82, 2.24) is 5.32 Å². The second-order valence-corrected chi connectivity index (χ2v) is 7.19. The molecule has 3 aromatic rings. The number of carbonyl (C=O) groups is 1. The predicted molar refractivity (Wildman–Crippen MR) is 102 cm³/mol. The summed E-state index contributed by atoms with van der Waals surface area (Å²) in [5.41, 5.74) is 1.69.